The van der Waals surface area contributed by atoms with E-state index in [-0.39, 0.29) is 22.2 Å². The van der Waals surface area contributed by atoms with E-state index in [1.165, 1.54) is 18.7 Å². The van der Waals surface area contributed by atoms with E-state index >= 15 is 0 Å². The molecule has 0 unspecified atom stereocenters. The minimum absolute atomic E-state index is 0.286. The second-order valence-electron chi connectivity index (χ2n) is 15.0. The predicted molar refractivity (Wildman–Crippen MR) is 233 cm³/mol. The van der Waals surface area contributed by atoms with Gasteiger partial charge in [-0.1, -0.05) is 97.1 Å². The number of aromatic nitrogens is 8. The zero-order valence-corrected chi connectivity index (χ0v) is 33.4. The van der Waals surface area contributed by atoms with Crippen LogP contribution >= 0.6 is 0 Å². The molecule has 4 N–H and O–H groups in total. The Kier molecular flexibility index (Phi) is 9.52. The van der Waals surface area contributed by atoms with Crippen molar-refractivity contribution in [2.45, 2.75) is 39.5 Å². The van der Waals surface area contributed by atoms with Crippen molar-refractivity contribution in [1.29, 1.82) is 0 Å². The number of nitrogens with zero attached hydrogens (tertiary/aromatic N) is 4. The summed E-state index contributed by atoms with van der Waals surface area (Å²) in [5.74, 6) is -1.60. The molecule has 9 aromatic rings. The average molecular weight is 795 g/mol. The van der Waals surface area contributed by atoms with Crippen LogP contribution in [0.5, 0.6) is 0 Å². The summed E-state index contributed by atoms with van der Waals surface area (Å²) < 4.78 is 5.99. The molecule has 0 saturated carbocycles. The fraction of sp³-hybridized carbons (Fsp3) is 0.125. The molecule has 0 spiro atoms. The summed E-state index contributed by atoms with van der Waals surface area (Å²) in [6.45, 7) is 7.35. The highest BCUT2D eigenvalue weighted by atomic mass is 16.1. The molecule has 0 atom stereocenters. The second kappa shape index (κ2) is 15.1. The van der Waals surface area contributed by atoms with Gasteiger partial charge in [0.2, 0.25) is 0 Å². The molecule has 0 aliphatic carbocycles. The molecular formula is C48H42N8O4. The van der Waals surface area contributed by atoms with E-state index in [1.54, 1.807) is 0 Å². The van der Waals surface area contributed by atoms with Crippen LogP contribution in [-0.4, -0.2) is 39.1 Å². The van der Waals surface area contributed by atoms with E-state index in [1.807, 2.05) is 173 Å². The number of aromatic amines is 4. The third-order valence-electron chi connectivity index (χ3n) is 11.3. The third-order valence-corrected chi connectivity index (χ3v) is 11.3. The molecule has 0 saturated heterocycles. The summed E-state index contributed by atoms with van der Waals surface area (Å²) in [4.78, 5) is 58.2. The lowest BCUT2D eigenvalue weighted by atomic mass is 9.81. The molecule has 0 bridgehead atoms. The van der Waals surface area contributed by atoms with E-state index in [4.69, 9.17) is 0 Å². The van der Waals surface area contributed by atoms with E-state index in [2.05, 4.69) is 20.4 Å². The van der Waals surface area contributed by atoms with Crippen LogP contribution in [0.1, 0.15) is 68.0 Å². The van der Waals surface area contributed by atoms with Gasteiger partial charge in [0.05, 0.1) is 45.0 Å². The van der Waals surface area contributed by atoms with Crippen LogP contribution in [0.15, 0.2) is 165 Å². The molecule has 0 amide bonds. The molecule has 12 heteroatoms. The van der Waals surface area contributed by atoms with Crippen LogP contribution in [0.2, 0.25) is 0 Å². The number of nitrogens with one attached hydrogen (secondary N) is 4. The summed E-state index contributed by atoms with van der Waals surface area (Å²) in [5.41, 5.74) is 6.95. The van der Waals surface area contributed by atoms with Crippen molar-refractivity contribution >= 4 is 0 Å². The molecule has 0 radical (unpaired) electrons. The van der Waals surface area contributed by atoms with Crippen LogP contribution in [0.3, 0.4) is 0 Å². The van der Waals surface area contributed by atoms with Crippen LogP contribution in [0.25, 0.3) is 22.7 Å². The van der Waals surface area contributed by atoms with Crippen LogP contribution in [-0.2, 0) is 0 Å². The molecule has 5 aromatic carbocycles. The lowest BCUT2D eigenvalue weighted by Crippen LogP contribution is -2.26. The first-order valence-corrected chi connectivity index (χ1v) is 19.7. The van der Waals surface area contributed by atoms with E-state index < -0.39 is 11.8 Å². The molecule has 4 aromatic heterocycles. The number of aryl methyl sites for hydroxylation is 4. The van der Waals surface area contributed by atoms with Crippen LogP contribution in [0.4, 0.5) is 0 Å². The maximum Gasteiger partial charge on any atom is 0.275 e. The van der Waals surface area contributed by atoms with E-state index in [0.29, 0.717) is 78.9 Å². The van der Waals surface area contributed by atoms with Gasteiger partial charge in [0.1, 0.15) is 0 Å². The fourth-order valence-electron chi connectivity index (χ4n) is 8.47. The average Bonchev–Trinajstić information content (AvgIpc) is 3.95. The number of H-pyrrole nitrogens is 4. The van der Waals surface area contributed by atoms with Gasteiger partial charge in [0.25, 0.3) is 22.2 Å². The molecule has 9 rings (SSSR count). The van der Waals surface area contributed by atoms with E-state index in [0.717, 1.165) is 0 Å². The highest BCUT2D eigenvalue weighted by Crippen LogP contribution is 2.36. The number of hydrogen-bond donors (Lipinski definition) is 4. The van der Waals surface area contributed by atoms with Gasteiger partial charge in [-0.25, -0.2) is 18.7 Å². The highest BCUT2D eigenvalue weighted by molar-refractivity contribution is 5.52. The second-order valence-corrected chi connectivity index (χ2v) is 15.0. The summed E-state index contributed by atoms with van der Waals surface area (Å²) in [7, 11) is 0. The number of hydrogen-bond acceptors (Lipinski definition) is 4. The highest BCUT2D eigenvalue weighted by Gasteiger charge is 2.34. The summed E-state index contributed by atoms with van der Waals surface area (Å²) in [6.07, 6.45) is 0. The molecule has 60 heavy (non-hydrogen) atoms. The molecule has 298 valence electrons. The van der Waals surface area contributed by atoms with Gasteiger partial charge in [-0.05, 0) is 87.4 Å². The quantitative estimate of drug-likeness (QED) is 0.116. The largest absolute Gasteiger partial charge is 0.295 e. The van der Waals surface area contributed by atoms with Gasteiger partial charge in [0, 0.05) is 34.6 Å². The van der Waals surface area contributed by atoms with Crippen molar-refractivity contribution in [3.8, 4) is 22.7 Å². The first-order valence-electron chi connectivity index (χ1n) is 19.7. The van der Waals surface area contributed by atoms with Gasteiger partial charge in [-0.3, -0.25) is 39.6 Å². The van der Waals surface area contributed by atoms with Crippen molar-refractivity contribution in [2.24, 2.45) is 0 Å². The molecule has 0 aliphatic heterocycles. The Morgan fingerprint density at radius 2 is 0.517 bits per heavy atom. The molecule has 0 aliphatic rings. The Bertz CT molecular complexity index is 2800. The van der Waals surface area contributed by atoms with Crippen molar-refractivity contribution < 1.29 is 0 Å². The normalized spacial score (nSPS) is 11.6. The Morgan fingerprint density at radius 3 is 0.717 bits per heavy atom. The van der Waals surface area contributed by atoms with Gasteiger partial charge in [-0.2, -0.15) is 0 Å². The molecular weight excluding hydrogens is 753 g/mol. The zero-order valence-electron chi connectivity index (χ0n) is 33.4. The number of benzene rings is 5. The van der Waals surface area contributed by atoms with Crippen LogP contribution < -0.4 is 22.2 Å². The minimum Gasteiger partial charge on any atom is -0.295 e. The van der Waals surface area contributed by atoms with Gasteiger partial charge in [0.15, 0.2) is 0 Å². The predicted octanol–water partition coefficient (Wildman–Crippen LogP) is 7.20. The molecule has 0 fully saturated rings. The Hall–Kier alpha value is -7.86. The standard InChI is InChI=1S/C48H42N8O4/c1-29-39(45(57)53(49-29)35-17-9-5-10-18-35)43(40-30(2)50-54(46(40)58)36-19-11-6-12-20-36)33-25-27-34(28-26-33)44(41-31(3)51-55(47(41)59)37-21-13-7-14-22-37)42-32(4)52-56(48(42)60)38-23-15-8-16-24-38/h5-28,43-44,49-52H,1-4H3. The first kappa shape index (κ1) is 37.7. The summed E-state index contributed by atoms with van der Waals surface area (Å²) in [5, 5.41) is 13.0. The molecule has 12 nitrogen and oxygen atoms in total. The third kappa shape index (κ3) is 6.34. The van der Waals surface area contributed by atoms with Crippen molar-refractivity contribution in [3.63, 3.8) is 0 Å². The summed E-state index contributed by atoms with van der Waals surface area (Å²) in [6, 6.07) is 44.8. The zero-order chi connectivity index (χ0) is 41.7. The van der Waals surface area contributed by atoms with Gasteiger partial charge < -0.3 is 0 Å². The Morgan fingerprint density at radius 1 is 0.317 bits per heavy atom. The van der Waals surface area contributed by atoms with Crippen molar-refractivity contribution in [3.05, 3.63) is 243 Å². The SMILES string of the molecule is Cc1[nH]n(-c2ccccc2)c(=O)c1C(c1ccc(C(c2c(C)[nH]n(-c3ccccc3)c2=O)c2c(C)[nH]n(-c3ccccc3)c2=O)cc1)c1c(C)[nH]n(-c2ccccc2)c1=O. The van der Waals surface area contributed by atoms with Crippen LogP contribution in [0, 0.1) is 27.7 Å². The lowest BCUT2D eigenvalue weighted by molar-refractivity contribution is 0.829. The van der Waals surface area contributed by atoms with Gasteiger partial charge >= 0.3 is 0 Å². The minimum atomic E-state index is -0.798. The Balaban J connectivity index is 1.25. The maximum atomic E-state index is 14.5. The van der Waals surface area contributed by atoms with E-state index in [9.17, 15) is 19.2 Å². The van der Waals surface area contributed by atoms with Crippen molar-refractivity contribution in [1.82, 2.24) is 39.1 Å². The smallest absolute Gasteiger partial charge is 0.275 e. The fourth-order valence-corrected chi connectivity index (χ4v) is 8.47. The topological polar surface area (TPSA) is 151 Å². The summed E-state index contributed by atoms with van der Waals surface area (Å²) >= 11 is 0. The monoisotopic (exact) mass is 794 g/mol. The molecule has 4 heterocycles. The number of para-hydroxylation sites is 4. The van der Waals surface area contributed by atoms with Crippen molar-refractivity contribution in [2.75, 3.05) is 0 Å². The van der Waals surface area contributed by atoms with Gasteiger partial charge in [-0.15, -0.1) is 0 Å². The first-order chi connectivity index (χ1) is 29.1. The maximum absolute atomic E-state index is 14.5. The lowest BCUT2D eigenvalue weighted by Gasteiger charge is -2.19. The number of rotatable bonds is 10. The Labute approximate surface area is 343 Å².